The van der Waals surface area contributed by atoms with E-state index in [1.165, 1.54) is 0 Å². The lowest BCUT2D eigenvalue weighted by molar-refractivity contribution is 0.0303. The topological polar surface area (TPSA) is 44.0 Å². The van der Waals surface area contributed by atoms with Gasteiger partial charge in [-0.25, -0.2) is 0 Å². The number of nitriles is 1. The summed E-state index contributed by atoms with van der Waals surface area (Å²) >= 11 is 0. The molecule has 82 valence electrons. The van der Waals surface area contributed by atoms with Crippen LogP contribution in [0.25, 0.3) is 0 Å². The minimum atomic E-state index is -0.404. The van der Waals surface area contributed by atoms with Crippen molar-refractivity contribution >= 4 is 0 Å². The van der Waals surface area contributed by atoms with E-state index in [0.29, 0.717) is 6.42 Å². The Hall–Kier alpha value is -0.550. The Morgan fingerprint density at radius 1 is 1.29 bits per heavy atom. The van der Waals surface area contributed by atoms with E-state index in [-0.39, 0.29) is 10.8 Å². The first kappa shape index (κ1) is 13.4. The summed E-state index contributed by atoms with van der Waals surface area (Å²) in [5.41, 5.74) is -0.507. The van der Waals surface area contributed by atoms with Crippen LogP contribution in [0, 0.1) is 22.2 Å². The minimum absolute atomic E-state index is 0.133. The molecule has 0 aliphatic rings. The van der Waals surface area contributed by atoms with Crippen molar-refractivity contribution in [3.05, 3.63) is 0 Å². The fourth-order valence-electron chi connectivity index (χ4n) is 1.49. The van der Waals surface area contributed by atoms with Crippen molar-refractivity contribution in [2.75, 3.05) is 0 Å². The second-order valence-electron chi connectivity index (χ2n) is 5.51. The normalized spacial score (nSPS) is 18.4. The zero-order chi connectivity index (χ0) is 11.4. The van der Waals surface area contributed by atoms with Crippen molar-refractivity contribution in [1.82, 2.24) is 0 Å². The fourth-order valence-corrected chi connectivity index (χ4v) is 1.49. The van der Waals surface area contributed by atoms with Gasteiger partial charge in [0, 0.05) is 0 Å². The van der Waals surface area contributed by atoms with Gasteiger partial charge in [0.2, 0.25) is 0 Å². The van der Waals surface area contributed by atoms with Gasteiger partial charge in [-0.3, -0.25) is 0 Å². The van der Waals surface area contributed by atoms with Gasteiger partial charge in [-0.05, 0) is 25.2 Å². The van der Waals surface area contributed by atoms with E-state index in [1.807, 2.05) is 27.7 Å². The molecule has 0 fully saturated rings. The summed E-state index contributed by atoms with van der Waals surface area (Å²) in [7, 11) is 0. The first-order chi connectivity index (χ1) is 6.25. The molecule has 1 N–H and O–H groups in total. The Morgan fingerprint density at radius 2 is 1.79 bits per heavy atom. The molecule has 0 saturated carbocycles. The predicted octanol–water partition coefficient (Wildman–Crippen LogP) is 3.11. The minimum Gasteiger partial charge on any atom is -0.393 e. The average molecular weight is 197 g/mol. The van der Waals surface area contributed by atoms with Crippen LogP contribution in [0.15, 0.2) is 0 Å². The van der Waals surface area contributed by atoms with E-state index in [1.54, 1.807) is 0 Å². The lowest BCUT2D eigenvalue weighted by atomic mass is 9.75. The van der Waals surface area contributed by atoms with Crippen molar-refractivity contribution in [3.63, 3.8) is 0 Å². The maximum atomic E-state index is 9.93. The summed E-state index contributed by atoms with van der Waals surface area (Å²) in [6, 6.07) is 2.32. The number of nitrogens with zero attached hydrogens (tertiary/aromatic N) is 1. The van der Waals surface area contributed by atoms with E-state index in [4.69, 9.17) is 5.26 Å². The zero-order valence-electron chi connectivity index (χ0n) is 10.1. The molecule has 2 heteroatoms. The van der Waals surface area contributed by atoms with Gasteiger partial charge in [0.25, 0.3) is 0 Å². The largest absolute Gasteiger partial charge is 0.393 e. The van der Waals surface area contributed by atoms with Crippen molar-refractivity contribution in [2.24, 2.45) is 10.8 Å². The van der Waals surface area contributed by atoms with Gasteiger partial charge in [0.05, 0.1) is 17.6 Å². The van der Waals surface area contributed by atoms with Crippen LogP contribution in [0.4, 0.5) is 0 Å². The molecule has 0 radical (unpaired) electrons. The molecular weight excluding hydrogens is 174 g/mol. The molecule has 0 bridgehead atoms. The summed E-state index contributed by atoms with van der Waals surface area (Å²) in [6.45, 7) is 10.0. The molecule has 0 amide bonds. The Morgan fingerprint density at radius 3 is 2.07 bits per heavy atom. The quantitative estimate of drug-likeness (QED) is 0.752. The van der Waals surface area contributed by atoms with Gasteiger partial charge in [-0.2, -0.15) is 5.26 Å². The molecule has 0 spiro atoms. The predicted molar refractivity (Wildman–Crippen MR) is 58.7 cm³/mol. The number of aliphatic hydroxyl groups is 1. The number of hydrogen-bond donors (Lipinski definition) is 1. The van der Waals surface area contributed by atoms with Crippen molar-refractivity contribution in [3.8, 4) is 6.07 Å². The summed E-state index contributed by atoms with van der Waals surface area (Å²) in [5, 5.41) is 19.0. The molecule has 0 aromatic carbocycles. The summed E-state index contributed by atoms with van der Waals surface area (Å²) < 4.78 is 0. The third-order valence-electron chi connectivity index (χ3n) is 2.72. The lowest BCUT2D eigenvalue weighted by Gasteiger charge is -2.31. The van der Waals surface area contributed by atoms with Crippen LogP contribution in [0.3, 0.4) is 0 Å². The van der Waals surface area contributed by atoms with E-state index in [9.17, 15) is 5.11 Å². The van der Waals surface area contributed by atoms with Gasteiger partial charge < -0.3 is 5.11 Å². The van der Waals surface area contributed by atoms with Crippen molar-refractivity contribution in [2.45, 2.75) is 60.0 Å². The Kier molecular flexibility index (Phi) is 4.61. The highest BCUT2D eigenvalue weighted by Gasteiger charge is 2.32. The molecule has 2 nitrogen and oxygen atoms in total. The average Bonchev–Trinajstić information content (AvgIpc) is 2.03. The maximum Gasteiger partial charge on any atom is 0.0687 e. The van der Waals surface area contributed by atoms with E-state index in [2.05, 4.69) is 13.0 Å². The third kappa shape index (κ3) is 4.11. The van der Waals surface area contributed by atoms with E-state index < -0.39 is 6.10 Å². The molecule has 0 aromatic rings. The summed E-state index contributed by atoms with van der Waals surface area (Å²) in [6.07, 6.45) is 2.01. The number of aliphatic hydroxyl groups excluding tert-OH is 1. The SMILES string of the molecule is CCC[C@@](C)(C#N)C[C@H](O)C(C)(C)C. The zero-order valence-corrected chi connectivity index (χ0v) is 10.1. The first-order valence-electron chi connectivity index (χ1n) is 5.34. The lowest BCUT2D eigenvalue weighted by Crippen LogP contribution is -2.32. The van der Waals surface area contributed by atoms with Crippen LogP contribution in [-0.2, 0) is 0 Å². The first-order valence-corrected chi connectivity index (χ1v) is 5.34. The molecule has 0 heterocycles. The maximum absolute atomic E-state index is 9.93. The monoisotopic (exact) mass is 197 g/mol. The molecule has 0 aromatic heterocycles. The van der Waals surface area contributed by atoms with Gasteiger partial charge >= 0.3 is 0 Å². The van der Waals surface area contributed by atoms with Crippen LogP contribution in [0.2, 0.25) is 0 Å². The van der Waals surface area contributed by atoms with Gasteiger partial charge in [-0.1, -0.05) is 34.1 Å². The molecule has 2 atom stereocenters. The standard InChI is InChI=1S/C12H23NO/c1-6-7-12(5,9-13)8-10(14)11(2,3)4/h10,14H,6-8H2,1-5H3/t10-,12+/m0/s1. The summed E-state index contributed by atoms with van der Waals surface area (Å²) in [5.74, 6) is 0. The van der Waals surface area contributed by atoms with Crippen molar-refractivity contribution < 1.29 is 5.11 Å². The second-order valence-corrected chi connectivity index (χ2v) is 5.51. The molecule has 14 heavy (non-hydrogen) atoms. The number of rotatable bonds is 4. The molecule has 0 rings (SSSR count). The molecule has 0 aliphatic carbocycles. The van der Waals surface area contributed by atoms with E-state index >= 15 is 0 Å². The highest BCUT2D eigenvalue weighted by atomic mass is 16.3. The smallest absolute Gasteiger partial charge is 0.0687 e. The third-order valence-corrected chi connectivity index (χ3v) is 2.72. The van der Waals surface area contributed by atoms with Crippen molar-refractivity contribution in [1.29, 1.82) is 5.26 Å². The molecular formula is C12H23NO. The molecule has 0 aliphatic heterocycles. The fraction of sp³-hybridized carbons (Fsp3) is 0.917. The van der Waals surface area contributed by atoms with Crippen LogP contribution >= 0.6 is 0 Å². The summed E-state index contributed by atoms with van der Waals surface area (Å²) in [4.78, 5) is 0. The second kappa shape index (κ2) is 4.79. The highest BCUT2D eigenvalue weighted by molar-refractivity contribution is 4.97. The Balaban J connectivity index is 4.41. The molecule has 0 unspecified atom stereocenters. The Bertz CT molecular complexity index is 211. The number of hydrogen-bond acceptors (Lipinski definition) is 2. The van der Waals surface area contributed by atoms with Crippen LogP contribution < -0.4 is 0 Å². The van der Waals surface area contributed by atoms with Gasteiger partial charge in [0.15, 0.2) is 0 Å². The van der Waals surface area contributed by atoms with Crippen LogP contribution in [-0.4, -0.2) is 11.2 Å². The van der Waals surface area contributed by atoms with Crippen LogP contribution in [0.5, 0.6) is 0 Å². The van der Waals surface area contributed by atoms with E-state index in [0.717, 1.165) is 12.8 Å². The van der Waals surface area contributed by atoms with Gasteiger partial charge in [-0.15, -0.1) is 0 Å². The Labute approximate surface area is 87.9 Å². The van der Waals surface area contributed by atoms with Gasteiger partial charge in [0.1, 0.15) is 0 Å². The highest BCUT2D eigenvalue weighted by Crippen LogP contribution is 2.33. The molecule has 0 saturated heterocycles. The van der Waals surface area contributed by atoms with Crippen LogP contribution in [0.1, 0.15) is 53.9 Å².